The van der Waals surface area contributed by atoms with Crippen molar-refractivity contribution in [1.29, 1.82) is 0 Å². The Hall–Kier alpha value is -1.67. The zero-order valence-electron chi connectivity index (χ0n) is 12.7. The second-order valence-corrected chi connectivity index (χ2v) is 5.24. The van der Waals surface area contributed by atoms with E-state index in [2.05, 4.69) is 61.4 Å². The molecule has 0 aliphatic heterocycles. The third-order valence-electron chi connectivity index (χ3n) is 3.49. The van der Waals surface area contributed by atoms with Crippen LogP contribution < -0.4 is 5.32 Å². The fourth-order valence-corrected chi connectivity index (χ4v) is 2.48. The number of nitrogens with one attached hydrogen (secondary N) is 1. The Balaban J connectivity index is 2.28. The van der Waals surface area contributed by atoms with Gasteiger partial charge in [-0.1, -0.05) is 44.5 Å². The summed E-state index contributed by atoms with van der Waals surface area (Å²) in [6, 6.07) is 13.3. The molecule has 2 nitrogen and oxygen atoms in total. The van der Waals surface area contributed by atoms with Crippen LogP contribution in [0.2, 0.25) is 0 Å². The van der Waals surface area contributed by atoms with Crippen LogP contribution in [0.4, 0.5) is 0 Å². The van der Waals surface area contributed by atoms with Crippen LogP contribution in [0.3, 0.4) is 0 Å². The number of nitrogens with zero attached hydrogens (tertiary/aromatic N) is 1. The third-order valence-corrected chi connectivity index (χ3v) is 3.49. The topological polar surface area (TPSA) is 24.9 Å². The molecule has 0 fully saturated rings. The molecule has 1 unspecified atom stereocenters. The van der Waals surface area contributed by atoms with Gasteiger partial charge in [-0.3, -0.25) is 4.98 Å². The highest BCUT2D eigenvalue weighted by atomic mass is 14.9. The summed E-state index contributed by atoms with van der Waals surface area (Å²) in [6.07, 6.45) is 4.23. The molecule has 0 bridgehead atoms. The van der Waals surface area contributed by atoms with Crippen molar-refractivity contribution in [3.05, 3.63) is 65.0 Å². The van der Waals surface area contributed by atoms with E-state index in [1.807, 2.05) is 12.3 Å². The molecule has 2 heteroatoms. The fourth-order valence-electron chi connectivity index (χ4n) is 2.48. The van der Waals surface area contributed by atoms with Crippen molar-refractivity contribution >= 4 is 0 Å². The van der Waals surface area contributed by atoms with Gasteiger partial charge in [0.15, 0.2) is 0 Å². The molecule has 1 aromatic heterocycles. The maximum absolute atomic E-state index is 4.53. The molecule has 1 N–H and O–H groups in total. The molecular formula is C18H24N2. The van der Waals surface area contributed by atoms with Crippen molar-refractivity contribution in [2.45, 2.75) is 39.7 Å². The van der Waals surface area contributed by atoms with Crippen LogP contribution >= 0.6 is 0 Å². The lowest BCUT2D eigenvalue weighted by Gasteiger charge is -2.18. The maximum atomic E-state index is 4.53. The second kappa shape index (κ2) is 7.20. The summed E-state index contributed by atoms with van der Waals surface area (Å²) >= 11 is 0. The standard InChI is InChI=1S/C18H24N2/c1-4-6-15-7-9-16(10-8-15)18(19-5-2)17-13-14(3)11-12-20-17/h7-13,18-19H,4-6H2,1-3H3. The summed E-state index contributed by atoms with van der Waals surface area (Å²) in [7, 11) is 0. The molecule has 20 heavy (non-hydrogen) atoms. The smallest absolute Gasteiger partial charge is 0.0751 e. The van der Waals surface area contributed by atoms with Gasteiger partial charge in [-0.2, -0.15) is 0 Å². The fraction of sp³-hybridized carbons (Fsp3) is 0.389. The Morgan fingerprint density at radius 1 is 1.10 bits per heavy atom. The molecule has 1 aromatic carbocycles. The Labute approximate surface area is 122 Å². The van der Waals surface area contributed by atoms with Gasteiger partial charge in [0.25, 0.3) is 0 Å². The van der Waals surface area contributed by atoms with Crippen LogP contribution in [0.25, 0.3) is 0 Å². The number of pyridine rings is 1. The van der Waals surface area contributed by atoms with Gasteiger partial charge in [0.1, 0.15) is 0 Å². The summed E-state index contributed by atoms with van der Waals surface area (Å²) in [6.45, 7) is 7.38. The molecule has 0 radical (unpaired) electrons. The first kappa shape index (κ1) is 14.7. The van der Waals surface area contributed by atoms with Crippen molar-refractivity contribution in [3.8, 4) is 0 Å². The highest BCUT2D eigenvalue weighted by Gasteiger charge is 2.14. The molecule has 0 spiro atoms. The van der Waals surface area contributed by atoms with E-state index in [4.69, 9.17) is 0 Å². The van der Waals surface area contributed by atoms with E-state index >= 15 is 0 Å². The van der Waals surface area contributed by atoms with Crippen molar-refractivity contribution in [1.82, 2.24) is 10.3 Å². The van der Waals surface area contributed by atoms with Gasteiger partial charge in [0, 0.05) is 6.20 Å². The van der Waals surface area contributed by atoms with E-state index in [9.17, 15) is 0 Å². The van der Waals surface area contributed by atoms with Crippen LogP contribution in [-0.2, 0) is 6.42 Å². The molecule has 1 heterocycles. The normalized spacial score (nSPS) is 12.3. The van der Waals surface area contributed by atoms with Crippen LogP contribution in [0, 0.1) is 6.92 Å². The average Bonchev–Trinajstić information content (AvgIpc) is 2.46. The number of hydrogen-bond donors (Lipinski definition) is 1. The first-order chi connectivity index (χ1) is 9.74. The molecule has 0 saturated heterocycles. The average molecular weight is 268 g/mol. The highest BCUT2D eigenvalue weighted by Crippen LogP contribution is 2.21. The molecule has 106 valence electrons. The minimum Gasteiger partial charge on any atom is -0.305 e. The zero-order chi connectivity index (χ0) is 14.4. The van der Waals surface area contributed by atoms with Crippen molar-refractivity contribution in [2.24, 2.45) is 0 Å². The van der Waals surface area contributed by atoms with Crippen LogP contribution in [0.15, 0.2) is 42.6 Å². The van der Waals surface area contributed by atoms with Gasteiger partial charge in [-0.25, -0.2) is 0 Å². The van der Waals surface area contributed by atoms with E-state index in [-0.39, 0.29) is 6.04 Å². The molecule has 1 atom stereocenters. The van der Waals surface area contributed by atoms with E-state index < -0.39 is 0 Å². The first-order valence-electron chi connectivity index (χ1n) is 7.49. The summed E-state index contributed by atoms with van der Waals surface area (Å²) in [5, 5.41) is 3.53. The monoisotopic (exact) mass is 268 g/mol. The molecule has 2 aromatic rings. The molecular weight excluding hydrogens is 244 g/mol. The number of benzene rings is 1. The summed E-state index contributed by atoms with van der Waals surface area (Å²) in [5.41, 5.74) is 5.03. The van der Waals surface area contributed by atoms with Crippen LogP contribution in [0.5, 0.6) is 0 Å². The van der Waals surface area contributed by atoms with Crippen molar-refractivity contribution < 1.29 is 0 Å². The molecule has 0 aliphatic carbocycles. The van der Waals surface area contributed by atoms with E-state index in [0.29, 0.717) is 0 Å². The van der Waals surface area contributed by atoms with Crippen molar-refractivity contribution in [2.75, 3.05) is 6.54 Å². The van der Waals surface area contributed by atoms with Gasteiger partial charge in [-0.05, 0) is 48.7 Å². The quantitative estimate of drug-likeness (QED) is 0.855. The summed E-state index contributed by atoms with van der Waals surface area (Å²) < 4.78 is 0. The van der Waals surface area contributed by atoms with Gasteiger partial charge in [0.05, 0.1) is 11.7 Å². The number of rotatable bonds is 6. The SMILES string of the molecule is CCCc1ccc(C(NCC)c2cc(C)ccn2)cc1. The van der Waals surface area contributed by atoms with Gasteiger partial charge >= 0.3 is 0 Å². The summed E-state index contributed by atoms with van der Waals surface area (Å²) in [4.78, 5) is 4.53. The van der Waals surface area contributed by atoms with E-state index in [1.165, 1.54) is 23.1 Å². The lowest BCUT2D eigenvalue weighted by Crippen LogP contribution is -2.23. The molecule has 2 rings (SSSR count). The lowest BCUT2D eigenvalue weighted by atomic mass is 9.99. The number of hydrogen-bond acceptors (Lipinski definition) is 2. The van der Waals surface area contributed by atoms with Gasteiger partial charge in [0.2, 0.25) is 0 Å². The zero-order valence-corrected chi connectivity index (χ0v) is 12.7. The predicted molar refractivity (Wildman–Crippen MR) is 84.9 cm³/mol. The lowest BCUT2D eigenvalue weighted by molar-refractivity contribution is 0.615. The highest BCUT2D eigenvalue weighted by molar-refractivity contribution is 5.32. The Morgan fingerprint density at radius 2 is 1.85 bits per heavy atom. The maximum Gasteiger partial charge on any atom is 0.0751 e. The van der Waals surface area contributed by atoms with Crippen LogP contribution in [0.1, 0.15) is 48.7 Å². The largest absolute Gasteiger partial charge is 0.305 e. The van der Waals surface area contributed by atoms with Gasteiger partial charge in [-0.15, -0.1) is 0 Å². The number of aryl methyl sites for hydroxylation is 2. The first-order valence-corrected chi connectivity index (χ1v) is 7.49. The van der Waals surface area contributed by atoms with E-state index in [0.717, 1.165) is 18.7 Å². The molecule has 0 aliphatic rings. The van der Waals surface area contributed by atoms with E-state index in [1.54, 1.807) is 0 Å². The second-order valence-electron chi connectivity index (χ2n) is 5.24. The Morgan fingerprint density at radius 3 is 2.45 bits per heavy atom. The third kappa shape index (κ3) is 3.67. The predicted octanol–water partition coefficient (Wildman–Crippen LogP) is 4.04. The molecule has 0 saturated carbocycles. The van der Waals surface area contributed by atoms with Crippen molar-refractivity contribution in [3.63, 3.8) is 0 Å². The Bertz CT molecular complexity index is 531. The number of aromatic nitrogens is 1. The Kier molecular flexibility index (Phi) is 5.31. The molecule has 0 amide bonds. The van der Waals surface area contributed by atoms with Gasteiger partial charge < -0.3 is 5.32 Å². The minimum atomic E-state index is 0.176. The minimum absolute atomic E-state index is 0.176. The summed E-state index contributed by atoms with van der Waals surface area (Å²) in [5.74, 6) is 0. The van der Waals surface area contributed by atoms with Crippen LogP contribution in [-0.4, -0.2) is 11.5 Å².